The Balaban J connectivity index is 2.04. The first-order valence-electron chi connectivity index (χ1n) is 12.7. The zero-order valence-corrected chi connectivity index (χ0v) is 22.6. The highest BCUT2D eigenvalue weighted by Crippen LogP contribution is 2.56. The topological polar surface area (TPSA) is 0 Å². The van der Waals surface area contributed by atoms with Gasteiger partial charge in [-0.25, -0.2) is 0 Å². The quantitative estimate of drug-likeness (QED) is 0.344. The second kappa shape index (κ2) is 7.32. The van der Waals surface area contributed by atoms with E-state index >= 15 is 0 Å². The van der Waals surface area contributed by atoms with E-state index in [1.165, 1.54) is 77.3 Å². The smallest absolute Gasteiger partial charge is 0.0360 e. The second-order valence-corrected chi connectivity index (χ2v) is 11.1. The van der Waals surface area contributed by atoms with Crippen molar-refractivity contribution in [3.8, 4) is 0 Å². The molecule has 0 fully saturated rings. The van der Waals surface area contributed by atoms with Gasteiger partial charge in [-0.1, -0.05) is 70.8 Å². The van der Waals surface area contributed by atoms with Gasteiger partial charge in [-0.15, -0.1) is 0 Å². The Morgan fingerprint density at radius 3 is 0.794 bits per heavy atom. The van der Waals surface area contributed by atoms with Crippen LogP contribution in [-0.4, -0.2) is 0 Å². The van der Waals surface area contributed by atoms with Gasteiger partial charge in [-0.05, 0) is 124 Å². The molecule has 0 atom stereocenters. The van der Waals surface area contributed by atoms with Gasteiger partial charge in [0.05, 0.1) is 0 Å². The summed E-state index contributed by atoms with van der Waals surface area (Å²) in [7, 11) is 0. The van der Waals surface area contributed by atoms with Crippen molar-refractivity contribution in [3.63, 3.8) is 0 Å². The molecule has 34 heavy (non-hydrogen) atoms. The molecule has 0 bridgehead atoms. The average Bonchev–Trinajstić information content (AvgIpc) is 3.09. The minimum absolute atomic E-state index is 0.107. The maximum Gasteiger partial charge on any atom is 0.0360 e. The van der Waals surface area contributed by atoms with Gasteiger partial charge in [-0.2, -0.15) is 0 Å². The van der Waals surface area contributed by atoms with Gasteiger partial charge in [-0.3, -0.25) is 0 Å². The van der Waals surface area contributed by atoms with Crippen LogP contribution in [0.3, 0.4) is 0 Å². The van der Waals surface area contributed by atoms with E-state index in [0.29, 0.717) is 0 Å². The fourth-order valence-corrected chi connectivity index (χ4v) is 7.14. The van der Waals surface area contributed by atoms with Crippen molar-refractivity contribution >= 4 is 21.5 Å². The molecule has 0 heterocycles. The molecule has 2 aliphatic rings. The lowest BCUT2D eigenvalue weighted by molar-refractivity contribution is 0.670. The largest absolute Gasteiger partial charge is 0.0616 e. The molecule has 0 saturated carbocycles. The number of hydrogen-bond donors (Lipinski definition) is 0. The van der Waals surface area contributed by atoms with E-state index < -0.39 is 0 Å². The van der Waals surface area contributed by atoms with Crippen LogP contribution in [0.25, 0.3) is 21.5 Å². The van der Waals surface area contributed by atoms with Crippen LogP contribution >= 0.6 is 0 Å². The number of hydrogen-bond acceptors (Lipinski definition) is 0. The lowest BCUT2D eigenvalue weighted by atomic mass is 9.65. The van der Waals surface area contributed by atoms with Gasteiger partial charge in [0.15, 0.2) is 0 Å². The standard InChI is InChI=1S/C34H38/c1-19-20(2)24(6)33(9,23(19)5)31-27-15-11-13-17-29(27)32(30-18-14-12-16-28(30)31)34(10)25(7)21(3)22(4)26(34)8/h11-18H,1-10H3. The summed E-state index contributed by atoms with van der Waals surface area (Å²) in [5.41, 5.74) is 14.4. The summed E-state index contributed by atoms with van der Waals surface area (Å²) in [4.78, 5) is 0. The Labute approximate surface area is 205 Å². The van der Waals surface area contributed by atoms with E-state index in [-0.39, 0.29) is 10.8 Å². The van der Waals surface area contributed by atoms with E-state index in [1.54, 1.807) is 0 Å². The van der Waals surface area contributed by atoms with Crippen LogP contribution < -0.4 is 0 Å². The van der Waals surface area contributed by atoms with E-state index in [2.05, 4.69) is 118 Å². The number of allylic oxidation sites excluding steroid dienone is 8. The first-order chi connectivity index (χ1) is 16.0. The molecule has 174 valence electrons. The Bertz CT molecular complexity index is 1310. The van der Waals surface area contributed by atoms with Gasteiger partial charge in [0.2, 0.25) is 0 Å². The third-order valence-electron chi connectivity index (χ3n) is 10.3. The maximum absolute atomic E-state index is 2.45. The number of benzene rings is 3. The van der Waals surface area contributed by atoms with E-state index in [4.69, 9.17) is 0 Å². The van der Waals surface area contributed by atoms with Crippen molar-refractivity contribution in [1.82, 2.24) is 0 Å². The van der Waals surface area contributed by atoms with Crippen molar-refractivity contribution in [1.29, 1.82) is 0 Å². The van der Waals surface area contributed by atoms with Crippen LogP contribution in [0.15, 0.2) is 93.1 Å². The SMILES string of the molecule is CC1=C(C)C(C)(c2c3ccccc3c(C3(C)C(C)=C(C)C(C)=C3C)c3ccccc23)C(C)=C1C. The summed E-state index contributed by atoms with van der Waals surface area (Å²) in [6.07, 6.45) is 0. The molecule has 0 aromatic heterocycles. The summed E-state index contributed by atoms with van der Waals surface area (Å²) in [5, 5.41) is 5.57. The van der Waals surface area contributed by atoms with Crippen molar-refractivity contribution in [2.45, 2.75) is 80.1 Å². The van der Waals surface area contributed by atoms with Gasteiger partial charge in [0.25, 0.3) is 0 Å². The molecule has 0 unspecified atom stereocenters. The molecule has 0 N–H and O–H groups in total. The number of rotatable bonds is 2. The van der Waals surface area contributed by atoms with Crippen molar-refractivity contribution < 1.29 is 0 Å². The average molecular weight is 447 g/mol. The van der Waals surface area contributed by atoms with Gasteiger partial charge >= 0.3 is 0 Å². The zero-order chi connectivity index (χ0) is 24.7. The predicted molar refractivity (Wildman–Crippen MR) is 150 cm³/mol. The first-order valence-corrected chi connectivity index (χ1v) is 12.7. The van der Waals surface area contributed by atoms with Crippen molar-refractivity contribution in [3.05, 3.63) is 104 Å². The number of fused-ring (bicyclic) bond motifs is 2. The third-order valence-corrected chi connectivity index (χ3v) is 10.3. The highest BCUT2D eigenvalue weighted by atomic mass is 14.5. The highest BCUT2D eigenvalue weighted by molar-refractivity contribution is 6.09. The molecule has 2 aliphatic carbocycles. The summed E-state index contributed by atoms with van der Waals surface area (Å²) in [5.74, 6) is 0. The van der Waals surface area contributed by atoms with Gasteiger partial charge < -0.3 is 0 Å². The molecule has 5 rings (SSSR count). The lowest BCUT2D eigenvalue weighted by Gasteiger charge is -2.37. The summed E-state index contributed by atoms with van der Waals surface area (Å²) in [6.45, 7) is 23.5. The molecule has 0 nitrogen and oxygen atoms in total. The molecule has 0 saturated heterocycles. The highest BCUT2D eigenvalue weighted by Gasteiger charge is 2.44. The van der Waals surface area contributed by atoms with E-state index in [0.717, 1.165) is 0 Å². The second-order valence-electron chi connectivity index (χ2n) is 11.1. The fourth-order valence-electron chi connectivity index (χ4n) is 7.14. The van der Waals surface area contributed by atoms with Gasteiger partial charge in [0.1, 0.15) is 0 Å². The fraction of sp³-hybridized carbons (Fsp3) is 0.353. The normalized spacial score (nSPS) is 20.1. The molecule has 0 aliphatic heterocycles. The monoisotopic (exact) mass is 446 g/mol. The zero-order valence-electron chi connectivity index (χ0n) is 22.6. The Hall–Kier alpha value is -2.86. The minimum atomic E-state index is -0.107. The molecular formula is C34H38. The van der Waals surface area contributed by atoms with Gasteiger partial charge in [0, 0.05) is 10.8 Å². The molecule has 3 aromatic rings. The van der Waals surface area contributed by atoms with Crippen LogP contribution in [-0.2, 0) is 10.8 Å². The summed E-state index contributed by atoms with van der Waals surface area (Å²) in [6, 6.07) is 18.4. The van der Waals surface area contributed by atoms with Crippen LogP contribution in [0.1, 0.15) is 80.4 Å². The minimum Gasteiger partial charge on any atom is -0.0616 e. The lowest BCUT2D eigenvalue weighted by Crippen LogP contribution is -2.27. The summed E-state index contributed by atoms with van der Waals surface area (Å²) < 4.78 is 0. The Morgan fingerprint density at radius 2 is 0.588 bits per heavy atom. The molecule has 3 aromatic carbocycles. The molecular weight excluding hydrogens is 408 g/mol. The maximum atomic E-state index is 2.45. The molecule has 0 amide bonds. The summed E-state index contributed by atoms with van der Waals surface area (Å²) >= 11 is 0. The van der Waals surface area contributed by atoms with E-state index in [9.17, 15) is 0 Å². The third kappa shape index (κ3) is 2.55. The first kappa shape index (κ1) is 22.9. The molecule has 0 radical (unpaired) electrons. The Kier molecular flexibility index (Phi) is 4.93. The van der Waals surface area contributed by atoms with Crippen molar-refractivity contribution in [2.75, 3.05) is 0 Å². The van der Waals surface area contributed by atoms with Crippen LogP contribution in [0.5, 0.6) is 0 Å². The van der Waals surface area contributed by atoms with Crippen LogP contribution in [0, 0.1) is 0 Å². The molecule has 0 spiro atoms. The van der Waals surface area contributed by atoms with E-state index in [1.807, 2.05) is 0 Å². The van der Waals surface area contributed by atoms with Crippen LogP contribution in [0.4, 0.5) is 0 Å². The van der Waals surface area contributed by atoms with Crippen LogP contribution in [0.2, 0.25) is 0 Å². The molecule has 0 heteroatoms. The predicted octanol–water partition coefficient (Wildman–Crippen LogP) is 9.88. The Morgan fingerprint density at radius 1 is 0.382 bits per heavy atom. The van der Waals surface area contributed by atoms with Crippen molar-refractivity contribution in [2.24, 2.45) is 0 Å².